The molecule has 0 aliphatic carbocycles. The molecule has 0 N–H and O–H groups in total. The monoisotopic (exact) mass is 528 g/mol. The topological polar surface area (TPSA) is 52.6 Å². The fourth-order valence-corrected chi connectivity index (χ4v) is 4.64. The zero-order chi connectivity index (χ0) is 27.1. The second-order valence-electron chi connectivity index (χ2n) is 10.3. The third kappa shape index (κ3) is 9.02. The molecule has 0 saturated carbocycles. The van der Waals surface area contributed by atoms with Crippen molar-refractivity contribution >= 4 is 10.1 Å². The van der Waals surface area contributed by atoms with E-state index >= 15 is 0 Å². The van der Waals surface area contributed by atoms with E-state index in [1.165, 1.54) is 28.9 Å². The highest BCUT2D eigenvalue weighted by Crippen LogP contribution is 2.41. The van der Waals surface area contributed by atoms with E-state index in [-0.39, 0.29) is 5.75 Å². The number of benzene rings is 1. The first kappa shape index (κ1) is 30.0. The average molecular weight is 529 g/mol. The highest BCUT2D eigenvalue weighted by Gasteiger charge is 2.48. The molecule has 1 aromatic rings. The number of hydrogen-bond donors (Lipinski definition) is 0. The van der Waals surface area contributed by atoms with Gasteiger partial charge in [0.25, 0.3) is 0 Å². The summed E-state index contributed by atoms with van der Waals surface area (Å²) in [6.45, 7) is 12.3. The lowest BCUT2D eigenvalue weighted by atomic mass is 9.87. The van der Waals surface area contributed by atoms with Gasteiger partial charge in [-0.25, -0.2) is 0 Å². The molecule has 1 aliphatic rings. The number of ether oxygens (including phenoxy) is 1. The molecule has 0 saturated heterocycles. The van der Waals surface area contributed by atoms with E-state index in [0.29, 0.717) is 29.7 Å². The molecule has 0 radical (unpaired) electrons. The lowest BCUT2D eigenvalue weighted by Gasteiger charge is -2.37. The van der Waals surface area contributed by atoms with E-state index in [2.05, 4.69) is 50.1 Å². The summed E-state index contributed by atoms with van der Waals surface area (Å²) in [6.07, 6.45) is 14.0. The Labute approximate surface area is 214 Å². The number of alkyl halides is 3. The van der Waals surface area contributed by atoms with Gasteiger partial charge in [-0.15, -0.1) is 0 Å². The van der Waals surface area contributed by atoms with Crippen molar-refractivity contribution in [2.75, 3.05) is 0 Å². The van der Waals surface area contributed by atoms with Crippen molar-refractivity contribution in [1.29, 1.82) is 0 Å². The molecule has 0 amide bonds. The number of aryl methyl sites for hydroxylation is 2. The molecule has 36 heavy (non-hydrogen) atoms. The molecule has 202 valence electrons. The maximum absolute atomic E-state index is 12.7. The van der Waals surface area contributed by atoms with Gasteiger partial charge in [-0.1, -0.05) is 34.9 Å². The van der Waals surface area contributed by atoms with Crippen LogP contribution in [0.4, 0.5) is 13.2 Å². The second kappa shape index (κ2) is 12.3. The zero-order valence-corrected chi connectivity index (χ0v) is 23.0. The molecule has 2 rings (SSSR count). The first-order valence-electron chi connectivity index (χ1n) is 12.4. The van der Waals surface area contributed by atoms with Gasteiger partial charge in [0.2, 0.25) is 0 Å². The summed E-state index contributed by atoms with van der Waals surface area (Å²) < 4.78 is 71.3. The van der Waals surface area contributed by atoms with E-state index in [9.17, 15) is 21.6 Å². The predicted molar refractivity (Wildman–Crippen MR) is 139 cm³/mol. The van der Waals surface area contributed by atoms with Crippen LogP contribution in [0.5, 0.6) is 11.5 Å². The Kier molecular flexibility index (Phi) is 10.3. The van der Waals surface area contributed by atoms with Gasteiger partial charge in [-0.3, -0.25) is 0 Å². The maximum atomic E-state index is 12.7. The largest absolute Gasteiger partial charge is 0.534 e. The predicted octanol–water partition coefficient (Wildman–Crippen LogP) is 8.51. The van der Waals surface area contributed by atoms with Gasteiger partial charge >= 0.3 is 15.6 Å². The molecule has 4 nitrogen and oxygen atoms in total. The number of fused-ring (bicyclic) bond motifs is 1. The fourth-order valence-electron chi connectivity index (χ4n) is 4.20. The van der Waals surface area contributed by atoms with Crippen LogP contribution in [-0.2, 0) is 16.5 Å². The first-order valence-corrected chi connectivity index (χ1v) is 13.8. The lowest BCUT2D eigenvalue weighted by Crippen LogP contribution is -2.36. The fraction of sp³-hybridized carbons (Fsp3) is 0.571. The molecule has 0 aromatic heterocycles. The van der Waals surface area contributed by atoms with Crippen LogP contribution in [0.1, 0.15) is 90.7 Å². The van der Waals surface area contributed by atoms with Crippen LogP contribution in [0.25, 0.3) is 0 Å². The summed E-state index contributed by atoms with van der Waals surface area (Å²) >= 11 is 0. The van der Waals surface area contributed by atoms with Crippen molar-refractivity contribution in [3.8, 4) is 11.5 Å². The van der Waals surface area contributed by atoms with Crippen LogP contribution in [0.15, 0.2) is 47.1 Å². The van der Waals surface area contributed by atoms with Gasteiger partial charge in [0.05, 0.1) is 0 Å². The summed E-state index contributed by atoms with van der Waals surface area (Å²) in [5.41, 5.74) is -0.573. The molecular formula is C28H39F3O4S. The Hall–Kier alpha value is -2.22. The molecule has 8 heteroatoms. The van der Waals surface area contributed by atoms with E-state index in [0.717, 1.165) is 38.5 Å². The third-order valence-corrected chi connectivity index (χ3v) is 7.35. The molecule has 0 bridgehead atoms. The summed E-state index contributed by atoms with van der Waals surface area (Å²) in [5, 5.41) is 0. The SMILES string of the molecule is CC(C)=CCC/C(C)=C/CC/C(C)=C/CCC1(C)CCc2cc(OS(=O)(=O)C(F)(F)F)cc(C)c2O1. The smallest absolute Gasteiger partial charge is 0.487 e. The minimum absolute atomic E-state index is 0.351. The molecule has 0 spiro atoms. The summed E-state index contributed by atoms with van der Waals surface area (Å²) in [5.74, 6) is 0.241. The molecule has 1 aliphatic heterocycles. The van der Waals surface area contributed by atoms with Gasteiger partial charge in [-0.2, -0.15) is 21.6 Å². The minimum atomic E-state index is -5.71. The average Bonchev–Trinajstić information content (AvgIpc) is 2.73. The van der Waals surface area contributed by atoms with E-state index in [4.69, 9.17) is 4.74 Å². The third-order valence-electron chi connectivity index (χ3n) is 6.37. The van der Waals surface area contributed by atoms with Crippen LogP contribution in [0.3, 0.4) is 0 Å². The first-order chi connectivity index (χ1) is 16.6. The normalized spacial score (nSPS) is 18.9. The molecule has 1 heterocycles. The van der Waals surface area contributed by atoms with Crippen LogP contribution >= 0.6 is 0 Å². The quantitative estimate of drug-likeness (QED) is 0.164. The maximum Gasteiger partial charge on any atom is 0.534 e. The standard InChI is InChI=1S/C28H39F3O4S/c1-20(2)10-7-11-21(3)12-8-13-22(4)14-9-16-27(6)17-15-24-19-25(18-23(5)26(24)34-27)35-36(32,33)28(29,30)31/h10,12,14,18-19H,7-9,11,13,15-17H2,1-6H3/b21-12+,22-14+. The summed E-state index contributed by atoms with van der Waals surface area (Å²) in [7, 11) is -5.71. The van der Waals surface area contributed by atoms with E-state index in [1.807, 2.05) is 6.92 Å². The lowest BCUT2D eigenvalue weighted by molar-refractivity contribution is -0.0500. The second-order valence-corrected chi connectivity index (χ2v) is 11.8. The molecule has 1 aromatic carbocycles. The van der Waals surface area contributed by atoms with Crippen LogP contribution < -0.4 is 8.92 Å². The molecule has 1 unspecified atom stereocenters. The van der Waals surface area contributed by atoms with E-state index < -0.39 is 21.2 Å². The van der Waals surface area contributed by atoms with Crippen molar-refractivity contribution in [2.45, 2.75) is 104 Å². The van der Waals surface area contributed by atoms with Crippen LogP contribution in [0.2, 0.25) is 0 Å². The summed E-state index contributed by atoms with van der Waals surface area (Å²) in [4.78, 5) is 0. The van der Waals surface area contributed by atoms with Crippen molar-refractivity contribution in [1.82, 2.24) is 0 Å². The van der Waals surface area contributed by atoms with Crippen molar-refractivity contribution in [2.24, 2.45) is 0 Å². The molecule has 0 fully saturated rings. The molecule has 1 atom stereocenters. The Balaban J connectivity index is 1.92. The van der Waals surface area contributed by atoms with E-state index in [1.54, 1.807) is 6.92 Å². The van der Waals surface area contributed by atoms with Crippen molar-refractivity contribution in [3.63, 3.8) is 0 Å². The Morgan fingerprint density at radius 1 is 1.03 bits per heavy atom. The minimum Gasteiger partial charge on any atom is -0.487 e. The van der Waals surface area contributed by atoms with Gasteiger partial charge in [0.15, 0.2) is 0 Å². The Morgan fingerprint density at radius 2 is 1.61 bits per heavy atom. The van der Waals surface area contributed by atoms with Gasteiger partial charge in [0, 0.05) is 0 Å². The Bertz CT molecular complexity index is 1110. The number of rotatable bonds is 11. The van der Waals surface area contributed by atoms with Crippen LogP contribution in [0, 0.1) is 6.92 Å². The molecular weight excluding hydrogens is 489 g/mol. The van der Waals surface area contributed by atoms with Crippen molar-refractivity contribution in [3.05, 3.63) is 58.2 Å². The Morgan fingerprint density at radius 3 is 2.19 bits per heavy atom. The highest BCUT2D eigenvalue weighted by atomic mass is 32.2. The highest BCUT2D eigenvalue weighted by molar-refractivity contribution is 7.88. The number of halogens is 3. The van der Waals surface area contributed by atoms with Gasteiger partial charge < -0.3 is 8.92 Å². The van der Waals surface area contributed by atoms with Gasteiger partial charge in [0.1, 0.15) is 17.1 Å². The van der Waals surface area contributed by atoms with Gasteiger partial charge in [-0.05, 0) is 116 Å². The number of allylic oxidation sites excluding steroid dienone is 6. The zero-order valence-electron chi connectivity index (χ0n) is 22.2. The summed E-state index contributed by atoms with van der Waals surface area (Å²) in [6, 6.07) is 2.59. The van der Waals surface area contributed by atoms with Crippen LogP contribution in [-0.4, -0.2) is 19.5 Å². The van der Waals surface area contributed by atoms with Crippen molar-refractivity contribution < 1.29 is 30.5 Å². The number of hydrogen-bond acceptors (Lipinski definition) is 4.